The summed E-state index contributed by atoms with van der Waals surface area (Å²) in [7, 11) is 0. The molecule has 154 valence electrons. The number of hydrogen-bond acceptors (Lipinski definition) is 5. The zero-order chi connectivity index (χ0) is 21.1. The number of ether oxygens (including phenoxy) is 1. The van der Waals surface area contributed by atoms with E-state index in [1.54, 1.807) is 12.1 Å². The molecule has 0 unspecified atom stereocenters. The number of rotatable bonds is 5. The lowest BCUT2D eigenvalue weighted by molar-refractivity contribution is -0.132. The van der Waals surface area contributed by atoms with Crippen LogP contribution in [0, 0.1) is 17.1 Å². The van der Waals surface area contributed by atoms with Gasteiger partial charge in [0.25, 0.3) is 0 Å². The topological polar surface area (TPSA) is 73.6 Å². The van der Waals surface area contributed by atoms with Gasteiger partial charge in [-0.2, -0.15) is 5.26 Å². The molecule has 6 nitrogen and oxygen atoms in total. The first-order chi connectivity index (χ1) is 14.5. The Morgan fingerprint density at radius 2 is 1.87 bits per heavy atom. The Labute approximate surface area is 174 Å². The molecule has 4 rings (SSSR count). The summed E-state index contributed by atoms with van der Waals surface area (Å²) in [5, 5.41) is 8.81. The molecule has 2 aliphatic heterocycles. The molecule has 2 aliphatic rings. The fraction of sp³-hybridized carbons (Fsp3) is 0.348. The van der Waals surface area contributed by atoms with Gasteiger partial charge in [0.1, 0.15) is 18.5 Å². The van der Waals surface area contributed by atoms with E-state index >= 15 is 0 Å². The van der Waals surface area contributed by atoms with Crippen molar-refractivity contribution in [3.05, 3.63) is 70.0 Å². The zero-order valence-electron chi connectivity index (χ0n) is 16.6. The van der Waals surface area contributed by atoms with Crippen molar-refractivity contribution >= 4 is 11.9 Å². The molecule has 2 aromatic carbocycles. The molecule has 0 atom stereocenters. The molecule has 0 radical (unpaired) electrons. The lowest BCUT2D eigenvalue weighted by Crippen LogP contribution is -2.49. The number of halogens is 1. The van der Waals surface area contributed by atoms with Gasteiger partial charge in [0.2, 0.25) is 5.91 Å². The number of hydrogen-bond donors (Lipinski definition) is 0. The number of fused-ring (bicyclic) bond motifs is 1. The number of nitrogens with zero attached hydrogens (tertiary/aromatic N) is 3. The molecule has 0 saturated carbocycles. The Morgan fingerprint density at radius 3 is 2.60 bits per heavy atom. The minimum absolute atomic E-state index is 0.0633. The smallest absolute Gasteiger partial charge is 0.338 e. The van der Waals surface area contributed by atoms with Gasteiger partial charge >= 0.3 is 5.97 Å². The van der Waals surface area contributed by atoms with E-state index < -0.39 is 5.82 Å². The number of amides is 1. The van der Waals surface area contributed by atoms with Crippen LogP contribution in [0.1, 0.15) is 32.6 Å². The molecule has 0 N–H and O–H groups in total. The van der Waals surface area contributed by atoms with Gasteiger partial charge in [-0.3, -0.25) is 9.69 Å². The van der Waals surface area contributed by atoms with Gasteiger partial charge in [-0.15, -0.1) is 0 Å². The largest absolute Gasteiger partial charge is 0.457 e. The van der Waals surface area contributed by atoms with Gasteiger partial charge in [0.15, 0.2) is 0 Å². The van der Waals surface area contributed by atoms with Gasteiger partial charge in [0, 0.05) is 38.3 Å². The highest BCUT2D eigenvalue weighted by molar-refractivity contribution is 5.93. The number of carbonyl (C=O) groups excluding carboxylic acids is 2. The van der Waals surface area contributed by atoms with Crippen LogP contribution in [0.4, 0.5) is 4.39 Å². The fourth-order valence-corrected chi connectivity index (χ4v) is 3.90. The number of esters is 1. The first-order valence-electron chi connectivity index (χ1n) is 10.0. The van der Waals surface area contributed by atoms with E-state index in [9.17, 15) is 14.0 Å². The van der Waals surface area contributed by atoms with E-state index in [4.69, 9.17) is 10.00 Å². The molecule has 7 heteroatoms. The third-order valence-corrected chi connectivity index (χ3v) is 5.70. The van der Waals surface area contributed by atoms with Crippen LogP contribution in [-0.4, -0.2) is 54.4 Å². The lowest BCUT2D eigenvalue weighted by Gasteiger charge is -2.34. The summed E-state index contributed by atoms with van der Waals surface area (Å²) in [6.45, 7) is 3.93. The second-order valence-corrected chi connectivity index (χ2v) is 7.64. The van der Waals surface area contributed by atoms with Crippen LogP contribution >= 0.6 is 0 Å². The predicted molar refractivity (Wildman–Crippen MR) is 107 cm³/mol. The molecule has 0 bridgehead atoms. The Bertz CT molecular complexity index is 1020. The maximum atomic E-state index is 13.7. The van der Waals surface area contributed by atoms with E-state index in [0.29, 0.717) is 31.5 Å². The summed E-state index contributed by atoms with van der Waals surface area (Å²) in [5.41, 5.74) is 3.25. The average Bonchev–Trinajstić information content (AvgIpc) is 3.13. The third-order valence-electron chi connectivity index (χ3n) is 5.70. The minimum atomic E-state index is -0.479. The highest BCUT2D eigenvalue weighted by Crippen LogP contribution is 2.21. The van der Waals surface area contributed by atoms with Crippen molar-refractivity contribution in [2.45, 2.75) is 19.4 Å². The van der Waals surface area contributed by atoms with E-state index in [2.05, 4.69) is 4.90 Å². The van der Waals surface area contributed by atoms with Crippen LogP contribution in [0.3, 0.4) is 0 Å². The van der Waals surface area contributed by atoms with E-state index in [-0.39, 0.29) is 24.0 Å². The molecular formula is C23H22FN3O3. The van der Waals surface area contributed by atoms with Crippen molar-refractivity contribution in [2.24, 2.45) is 0 Å². The van der Waals surface area contributed by atoms with Crippen molar-refractivity contribution in [2.75, 3.05) is 32.7 Å². The molecule has 30 heavy (non-hydrogen) atoms. The van der Waals surface area contributed by atoms with Gasteiger partial charge < -0.3 is 9.64 Å². The fourth-order valence-electron chi connectivity index (χ4n) is 3.90. The van der Waals surface area contributed by atoms with Gasteiger partial charge in [-0.05, 0) is 35.7 Å². The first-order valence-corrected chi connectivity index (χ1v) is 10.0. The highest BCUT2D eigenvalue weighted by Gasteiger charge is 2.24. The summed E-state index contributed by atoms with van der Waals surface area (Å²) in [6, 6.07) is 12.0. The Morgan fingerprint density at radius 1 is 1.10 bits per heavy atom. The van der Waals surface area contributed by atoms with Gasteiger partial charge in [0.05, 0.1) is 17.5 Å². The van der Waals surface area contributed by atoms with Crippen molar-refractivity contribution < 1.29 is 18.7 Å². The van der Waals surface area contributed by atoms with Crippen molar-refractivity contribution in [3.8, 4) is 6.07 Å². The SMILES string of the molecule is N#Cc1ccc(CCN2CCN(C(=O)Cc3ccc4c(c3)COC4=O)CC2)cc1F. The normalized spacial score (nSPS) is 16.1. The monoisotopic (exact) mass is 407 g/mol. The Balaban J connectivity index is 1.25. The van der Waals surface area contributed by atoms with Crippen molar-refractivity contribution in [3.63, 3.8) is 0 Å². The highest BCUT2D eigenvalue weighted by atomic mass is 19.1. The van der Waals surface area contributed by atoms with Crippen LogP contribution in [0.25, 0.3) is 0 Å². The zero-order valence-corrected chi connectivity index (χ0v) is 16.6. The van der Waals surface area contributed by atoms with Gasteiger partial charge in [-0.25, -0.2) is 9.18 Å². The summed E-state index contributed by atoms with van der Waals surface area (Å²) >= 11 is 0. The molecule has 2 aromatic rings. The molecule has 1 fully saturated rings. The molecule has 1 amide bonds. The molecule has 1 saturated heterocycles. The molecule has 0 aromatic heterocycles. The number of piperazine rings is 1. The van der Waals surface area contributed by atoms with Crippen LogP contribution in [0.2, 0.25) is 0 Å². The maximum Gasteiger partial charge on any atom is 0.338 e. The summed E-state index contributed by atoms with van der Waals surface area (Å²) in [6.07, 6.45) is 1.01. The Kier molecular flexibility index (Phi) is 5.77. The summed E-state index contributed by atoms with van der Waals surface area (Å²) in [4.78, 5) is 28.3. The van der Waals surface area contributed by atoms with Crippen LogP contribution in [0.15, 0.2) is 36.4 Å². The maximum absolute atomic E-state index is 13.7. The van der Waals surface area contributed by atoms with E-state index in [0.717, 1.165) is 36.3 Å². The number of benzene rings is 2. The summed E-state index contributed by atoms with van der Waals surface area (Å²) in [5.74, 6) is -0.704. The predicted octanol–water partition coefficient (Wildman–Crippen LogP) is 2.30. The average molecular weight is 407 g/mol. The van der Waals surface area contributed by atoms with Crippen molar-refractivity contribution in [1.29, 1.82) is 5.26 Å². The lowest BCUT2D eigenvalue weighted by atomic mass is 10.0. The second kappa shape index (κ2) is 8.64. The molecule has 0 aliphatic carbocycles. The summed E-state index contributed by atoms with van der Waals surface area (Å²) < 4.78 is 18.7. The van der Waals surface area contributed by atoms with Crippen LogP contribution in [-0.2, 0) is 29.0 Å². The number of carbonyl (C=O) groups is 2. The second-order valence-electron chi connectivity index (χ2n) is 7.64. The van der Waals surface area contributed by atoms with Crippen LogP contribution in [0.5, 0.6) is 0 Å². The van der Waals surface area contributed by atoms with Crippen LogP contribution < -0.4 is 0 Å². The number of nitriles is 1. The molecule has 0 spiro atoms. The molecule has 2 heterocycles. The van der Waals surface area contributed by atoms with E-state index in [1.807, 2.05) is 23.1 Å². The third kappa shape index (κ3) is 4.34. The van der Waals surface area contributed by atoms with E-state index in [1.165, 1.54) is 12.1 Å². The standard InChI is InChI=1S/C23H22FN3O3/c24-21-12-16(1-3-18(21)14-25)5-6-26-7-9-27(10-8-26)22(28)13-17-2-4-20-19(11-17)15-30-23(20)29/h1-4,11-12H,5-10,13,15H2. The Hall–Kier alpha value is -3.24. The minimum Gasteiger partial charge on any atom is -0.457 e. The van der Waals surface area contributed by atoms with Gasteiger partial charge in [-0.1, -0.05) is 18.2 Å². The number of cyclic esters (lactones) is 1. The first kappa shape index (κ1) is 20.0. The quantitative estimate of drug-likeness (QED) is 0.711. The van der Waals surface area contributed by atoms with Crippen molar-refractivity contribution in [1.82, 2.24) is 9.80 Å². The molecular weight excluding hydrogens is 385 g/mol.